The van der Waals surface area contributed by atoms with Crippen molar-refractivity contribution < 1.29 is 47.5 Å². The lowest BCUT2D eigenvalue weighted by Crippen LogP contribution is -2.43. The van der Waals surface area contributed by atoms with E-state index >= 15 is 0 Å². The van der Waals surface area contributed by atoms with Crippen LogP contribution in [0.3, 0.4) is 0 Å². The van der Waals surface area contributed by atoms with Crippen LogP contribution in [-0.4, -0.2) is 81.1 Å². The Kier molecular flexibility index (Phi) is 6.92. The molecule has 0 radical (unpaired) electrons. The Labute approximate surface area is 169 Å². The minimum atomic E-state index is -0.735. The summed E-state index contributed by atoms with van der Waals surface area (Å²) in [5, 5.41) is 0. The van der Waals surface area contributed by atoms with Crippen LogP contribution in [0.4, 0.5) is 0 Å². The van der Waals surface area contributed by atoms with Gasteiger partial charge in [0, 0.05) is 21.0 Å². The average molecular weight is 416 g/mol. The first kappa shape index (κ1) is 22.1. The zero-order chi connectivity index (χ0) is 21.2. The monoisotopic (exact) mass is 416 g/mol. The van der Waals surface area contributed by atoms with E-state index in [0.717, 1.165) is 0 Å². The van der Waals surface area contributed by atoms with Gasteiger partial charge in [0.25, 0.3) is 0 Å². The van der Waals surface area contributed by atoms with E-state index in [1.54, 1.807) is 19.3 Å². The highest BCUT2D eigenvalue weighted by Crippen LogP contribution is 2.39. The van der Waals surface area contributed by atoms with Crippen molar-refractivity contribution in [2.75, 3.05) is 20.3 Å². The molecule has 3 aliphatic heterocycles. The van der Waals surface area contributed by atoms with Crippen molar-refractivity contribution in [3.05, 3.63) is 12.2 Å². The molecule has 0 N–H and O–H groups in total. The maximum Gasteiger partial charge on any atom is 0.303 e. The number of hydrogen-bond donors (Lipinski definition) is 0. The predicted octanol–water partition coefficient (Wildman–Crippen LogP) is 0.670. The van der Waals surface area contributed by atoms with Crippen LogP contribution in [0.2, 0.25) is 0 Å². The third-order valence-electron chi connectivity index (χ3n) is 4.65. The zero-order valence-electron chi connectivity index (χ0n) is 17.2. The van der Waals surface area contributed by atoms with Crippen molar-refractivity contribution in [3.8, 4) is 0 Å². The molecule has 0 aliphatic carbocycles. The fraction of sp³-hybridized carbons (Fsp3) is 0.789. The highest BCUT2D eigenvalue weighted by Gasteiger charge is 2.55. The van der Waals surface area contributed by atoms with Crippen molar-refractivity contribution in [2.45, 2.75) is 76.6 Å². The minimum Gasteiger partial charge on any atom is -0.463 e. The summed E-state index contributed by atoms with van der Waals surface area (Å²) < 4.78 is 44.8. The standard InChI is InChI=1S/C19H28O10/c1-10(20)23-8-13-12(25-11(2)21)6-7-15(26-13)24-9-14-16-17(18(22-5)27-14)29-19(3,4)28-16/h6-7,12-18H,8-9H2,1-5H3/t12-,13+,14+,15-,16+,17+,18+/m0/s1. The van der Waals surface area contributed by atoms with E-state index in [-0.39, 0.29) is 25.4 Å². The summed E-state index contributed by atoms with van der Waals surface area (Å²) in [5.74, 6) is -1.66. The second kappa shape index (κ2) is 9.07. The molecule has 7 atom stereocenters. The van der Waals surface area contributed by atoms with Crippen LogP contribution in [0, 0.1) is 0 Å². The summed E-state index contributed by atoms with van der Waals surface area (Å²) in [7, 11) is 1.54. The Morgan fingerprint density at radius 3 is 2.34 bits per heavy atom. The number of methoxy groups -OCH3 is 1. The summed E-state index contributed by atoms with van der Waals surface area (Å²) in [4.78, 5) is 22.4. The lowest BCUT2D eigenvalue weighted by molar-refractivity contribution is -0.243. The van der Waals surface area contributed by atoms with Crippen molar-refractivity contribution in [2.24, 2.45) is 0 Å². The number of hydrogen-bond acceptors (Lipinski definition) is 10. The smallest absolute Gasteiger partial charge is 0.303 e. The Morgan fingerprint density at radius 2 is 1.69 bits per heavy atom. The van der Waals surface area contributed by atoms with Gasteiger partial charge in [-0.15, -0.1) is 0 Å². The van der Waals surface area contributed by atoms with Gasteiger partial charge >= 0.3 is 11.9 Å². The lowest BCUT2D eigenvalue weighted by atomic mass is 10.1. The maximum atomic E-state index is 11.3. The van der Waals surface area contributed by atoms with E-state index in [1.807, 2.05) is 13.8 Å². The molecule has 10 nitrogen and oxygen atoms in total. The number of carbonyl (C=O) groups excluding carboxylic acids is 2. The first-order chi connectivity index (χ1) is 13.7. The van der Waals surface area contributed by atoms with Gasteiger partial charge in [-0.1, -0.05) is 0 Å². The maximum absolute atomic E-state index is 11.3. The molecule has 0 bridgehead atoms. The first-order valence-corrected chi connectivity index (χ1v) is 9.48. The van der Waals surface area contributed by atoms with E-state index in [0.29, 0.717) is 0 Å². The van der Waals surface area contributed by atoms with E-state index < -0.39 is 48.6 Å². The number of esters is 2. The number of fused-ring (bicyclic) bond motifs is 1. The third-order valence-corrected chi connectivity index (χ3v) is 4.65. The molecular formula is C19H28O10. The number of ether oxygens (including phenoxy) is 8. The summed E-state index contributed by atoms with van der Waals surface area (Å²) in [5.41, 5.74) is 0. The van der Waals surface area contributed by atoms with Gasteiger partial charge in [-0.25, -0.2) is 0 Å². The molecule has 0 unspecified atom stereocenters. The highest BCUT2D eigenvalue weighted by atomic mass is 16.8. The topological polar surface area (TPSA) is 108 Å². The van der Waals surface area contributed by atoms with Crippen LogP contribution in [0.15, 0.2) is 12.2 Å². The van der Waals surface area contributed by atoms with Crippen molar-refractivity contribution in [1.82, 2.24) is 0 Å². The molecule has 3 rings (SSSR count). The van der Waals surface area contributed by atoms with Gasteiger partial charge in [0.15, 0.2) is 18.4 Å². The summed E-state index contributed by atoms with van der Waals surface area (Å²) in [6.45, 7) is 6.34. The zero-order valence-corrected chi connectivity index (χ0v) is 17.2. The Morgan fingerprint density at radius 1 is 0.966 bits per heavy atom. The van der Waals surface area contributed by atoms with Crippen LogP contribution in [0.25, 0.3) is 0 Å². The van der Waals surface area contributed by atoms with E-state index in [1.165, 1.54) is 13.8 Å². The second-order valence-electron chi connectivity index (χ2n) is 7.48. The molecule has 10 heteroatoms. The van der Waals surface area contributed by atoms with Crippen LogP contribution in [0.5, 0.6) is 0 Å². The summed E-state index contributed by atoms with van der Waals surface area (Å²) in [6.07, 6.45) is -0.473. The van der Waals surface area contributed by atoms with Gasteiger partial charge < -0.3 is 37.9 Å². The molecule has 2 saturated heterocycles. The molecule has 0 aromatic rings. The van der Waals surface area contributed by atoms with Gasteiger partial charge in [0.05, 0.1) is 6.61 Å². The summed E-state index contributed by atoms with van der Waals surface area (Å²) in [6, 6.07) is 0. The highest BCUT2D eigenvalue weighted by molar-refractivity contribution is 5.66. The fourth-order valence-electron chi connectivity index (χ4n) is 3.51. The lowest BCUT2D eigenvalue weighted by Gasteiger charge is -2.32. The van der Waals surface area contributed by atoms with Crippen LogP contribution < -0.4 is 0 Å². The Bertz CT molecular complexity index is 632. The molecule has 0 amide bonds. The van der Waals surface area contributed by atoms with E-state index in [4.69, 9.17) is 37.9 Å². The van der Waals surface area contributed by atoms with Crippen LogP contribution in [0.1, 0.15) is 27.7 Å². The molecule has 164 valence electrons. The first-order valence-electron chi connectivity index (χ1n) is 9.48. The third kappa shape index (κ3) is 5.53. The number of carbonyl (C=O) groups is 2. The van der Waals surface area contributed by atoms with Crippen LogP contribution in [-0.2, 0) is 47.5 Å². The molecule has 3 heterocycles. The van der Waals surface area contributed by atoms with Gasteiger partial charge in [0.1, 0.15) is 37.1 Å². The summed E-state index contributed by atoms with van der Waals surface area (Å²) >= 11 is 0. The van der Waals surface area contributed by atoms with Crippen molar-refractivity contribution in [3.63, 3.8) is 0 Å². The molecule has 29 heavy (non-hydrogen) atoms. The Hall–Kier alpha value is -1.56. The Balaban J connectivity index is 1.58. The van der Waals surface area contributed by atoms with Crippen LogP contribution >= 0.6 is 0 Å². The SMILES string of the molecule is CO[C@@H]1O[C@H](CO[C@@H]2C=C[C@H](OC(C)=O)[C@@H](COC(C)=O)O2)[C@H]2OC(C)(C)O[C@@H]12. The largest absolute Gasteiger partial charge is 0.463 e. The number of rotatable bonds is 7. The fourth-order valence-corrected chi connectivity index (χ4v) is 3.51. The molecule has 3 aliphatic rings. The van der Waals surface area contributed by atoms with Gasteiger partial charge in [-0.05, 0) is 26.0 Å². The van der Waals surface area contributed by atoms with E-state index in [2.05, 4.69) is 0 Å². The quantitative estimate of drug-likeness (QED) is 0.434. The molecule has 2 fully saturated rings. The average Bonchev–Trinajstić information content (AvgIpc) is 3.12. The molecular weight excluding hydrogens is 388 g/mol. The van der Waals surface area contributed by atoms with Crippen molar-refractivity contribution in [1.29, 1.82) is 0 Å². The molecule has 0 aromatic heterocycles. The van der Waals surface area contributed by atoms with Gasteiger partial charge in [0.2, 0.25) is 0 Å². The predicted molar refractivity (Wildman–Crippen MR) is 95.4 cm³/mol. The second-order valence-corrected chi connectivity index (χ2v) is 7.48. The molecule has 0 spiro atoms. The van der Waals surface area contributed by atoms with Crippen molar-refractivity contribution >= 4 is 11.9 Å². The molecule has 0 aromatic carbocycles. The van der Waals surface area contributed by atoms with E-state index in [9.17, 15) is 9.59 Å². The van der Waals surface area contributed by atoms with Gasteiger partial charge in [-0.2, -0.15) is 0 Å². The minimum absolute atomic E-state index is 0.0704. The normalized spacial score (nSPS) is 37.9. The molecule has 0 saturated carbocycles. The van der Waals surface area contributed by atoms with Gasteiger partial charge in [-0.3, -0.25) is 9.59 Å².